The third-order valence-corrected chi connectivity index (χ3v) is 4.71. The highest BCUT2D eigenvalue weighted by Gasteiger charge is 2.23. The fourth-order valence-electron chi connectivity index (χ4n) is 2.65. The molecule has 3 rings (SSSR count). The van der Waals surface area contributed by atoms with Crippen molar-refractivity contribution in [1.82, 2.24) is 4.98 Å². The Morgan fingerprint density at radius 2 is 2.23 bits per heavy atom. The summed E-state index contributed by atoms with van der Waals surface area (Å²) in [5, 5.41) is 2.71. The molecule has 1 aliphatic heterocycles. The molecule has 2 heterocycles. The second kappa shape index (κ2) is 7.03. The van der Waals surface area contributed by atoms with Crippen LogP contribution in [0.5, 0.6) is 0 Å². The van der Waals surface area contributed by atoms with E-state index in [0.29, 0.717) is 6.42 Å². The van der Waals surface area contributed by atoms with Crippen LogP contribution in [0.2, 0.25) is 0 Å². The molecule has 0 N–H and O–H groups in total. The number of nitrogens with zero attached hydrogens (tertiary/aromatic N) is 2. The first-order chi connectivity index (χ1) is 10.7. The van der Waals surface area contributed by atoms with Crippen LogP contribution in [-0.4, -0.2) is 23.6 Å². The number of ether oxygens (including phenoxy) is 1. The van der Waals surface area contributed by atoms with E-state index in [-0.39, 0.29) is 12.0 Å². The van der Waals surface area contributed by atoms with Gasteiger partial charge in [0.1, 0.15) is 0 Å². The van der Waals surface area contributed by atoms with Crippen molar-refractivity contribution in [3.63, 3.8) is 0 Å². The second-order valence-electron chi connectivity index (χ2n) is 5.51. The van der Waals surface area contributed by atoms with Crippen molar-refractivity contribution in [2.24, 2.45) is 0 Å². The number of amides is 1. The van der Waals surface area contributed by atoms with Gasteiger partial charge in [-0.15, -0.1) is 11.3 Å². The Labute approximate surface area is 134 Å². The van der Waals surface area contributed by atoms with Crippen LogP contribution < -0.4 is 4.90 Å². The molecule has 116 valence electrons. The quantitative estimate of drug-likeness (QED) is 0.835. The first-order valence-corrected chi connectivity index (χ1v) is 8.54. The van der Waals surface area contributed by atoms with E-state index in [9.17, 15) is 4.79 Å². The molecule has 1 atom stereocenters. The number of hydrogen-bond acceptors (Lipinski definition) is 4. The minimum atomic E-state index is 0.0797. The lowest BCUT2D eigenvalue weighted by atomic mass is 10.1. The van der Waals surface area contributed by atoms with Gasteiger partial charge < -0.3 is 4.74 Å². The average Bonchev–Trinajstić information content (AvgIpc) is 3.18. The molecule has 1 fully saturated rings. The molecule has 0 saturated carbocycles. The Hall–Kier alpha value is -1.72. The SMILES string of the molecule is Cc1csc(N(C(=O)CCC2CCCO2)c2ccccc2)n1. The van der Waals surface area contributed by atoms with Gasteiger partial charge >= 0.3 is 0 Å². The van der Waals surface area contributed by atoms with Crippen LogP contribution in [0.25, 0.3) is 0 Å². The summed E-state index contributed by atoms with van der Waals surface area (Å²) >= 11 is 1.50. The zero-order chi connectivity index (χ0) is 15.4. The molecule has 1 aliphatic rings. The highest BCUT2D eigenvalue weighted by Crippen LogP contribution is 2.30. The third-order valence-electron chi connectivity index (χ3n) is 3.77. The average molecular weight is 316 g/mol. The van der Waals surface area contributed by atoms with Crippen molar-refractivity contribution in [3.8, 4) is 0 Å². The lowest BCUT2D eigenvalue weighted by Gasteiger charge is -2.20. The molecule has 4 nitrogen and oxygen atoms in total. The molecule has 22 heavy (non-hydrogen) atoms. The summed E-state index contributed by atoms with van der Waals surface area (Å²) in [6, 6.07) is 9.72. The van der Waals surface area contributed by atoms with Gasteiger partial charge in [-0.05, 0) is 38.3 Å². The maximum absolute atomic E-state index is 12.7. The summed E-state index contributed by atoms with van der Waals surface area (Å²) in [6.07, 6.45) is 3.67. The normalized spacial score (nSPS) is 17.6. The molecule has 1 aromatic carbocycles. The standard InChI is InChI=1S/C17H20N2O2S/c1-13-12-22-17(18-13)19(14-6-3-2-4-7-14)16(20)10-9-15-8-5-11-21-15/h2-4,6-7,12,15H,5,8-11H2,1H3. The van der Waals surface area contributed by atoms with Crippen molar-refractivity contribution >= 4 is 28.1 Å². The number of thiazole rings is 1. The number of benzene rings is 1. The van der Waals surface area contributed by atoms with Crippen LogP contribution in [0.1, 0.15) is 31.4 Å². The van der Waals surface area contributed by atoms with Crippen molar-refractivity contribution < 1.29 is 9.53 Å². The molecule has 2 aromatic rings. The summed E-state index contributed by atoms with van der Waals surface area (Å²) < 4.78 is 5.61. The summed E-state index contributed by atoms with van der Waals surface area (Å²) in [7, 11) is 0. The van der Waals surface area contributed by atoms with Crippen molar-refractivity contribution in [1.29, 1.82) is 0 Å². The largest absolute Gasteiger partial charge is 0.378 e. The first-order valence-electron chi connectivity index (χ1n) is 7.66. The van der Waals surface area contributed by atoms with Gasteiger partial charge in [-0.2, -0.15) is 0 Å². The van der Waals surface area contributed by atoms with E-state index in [0.717, 1.165) is 42.4 Å². The van der Waals surface area contributed by atoms with Gasteiger partial charge in [0.05, 0.1) is 17.5 Å². The van der Waals surface area contributed by atoms with Gasteiger partial charge in [-0.1, -0.05) is 18.2 Å². The van der Waals surface area contributed by atoms with Gasteiger partial charge in [0, 0.05) is 18.4 Å². The zero-order valence-electron chi connectivity index (χ0n) is 12.7. The van der Waals surface area contributed by atoms with Crippen LogP contribution in [0.3, 0.4) is 0 Å². The smallest absolute Gasteiger partial charge is 0.233 e. The monoisotopic (exact) mass is 316 g/mol. The highest BCUT2D eigenvalue weighted by molar-refractivity contribution is 7.14. The third kappa shape index (κ3) is 3.54. The topological polar surface area (TPSA) is 42.4 Å². The van der Waals surface area contributed by atoms with E-state index in [2.05, 4.69) is 4.98 Å². The second-order valence-corrected chi connectivity index (χ2v) is 6.35. The Morgan fingerprint density at radius 1 is 1.41 bits per heavy atom. The van der Waals surface area contributed by atoms with Crippen LogP contribution in [-0.2, 0) is 9.53 Å². The predicted molar refractivity (Wildman–Crippen MR) is 88.6 cm³/mol. The lowest BCUT2D eigenvalue weighted by molar-refractivity contribution is -0.118. The molecule has 1 amide bonds. The summed E-state index contributed by atoms with van der Waals surface area (Å²) in [5.41, 5.74) is 1.81. The first kappa shape index (κ1) is 15.2. The molecule has 1 saturated heterocycles. The van der Waals surface area contributed by atoms with Gasteiger partial charge in [0.2, 0.25) is 5.91 Å². The molecular formula is C17H20N2O2S. The number of carbonyl (C=O) groups excluding carboxylic acids is 1. The molecule has 5 heteroatoms. The Bertz CT molecular complexity index is 621. The van der Waals surface area contributed by atoms with Crippen molar-refractivity contribution in [2.75, 3.05) is 11.5 Å². The number of aryl methyl sites for hydroxylation is 1. The number of rotatable bonds is 5. The zero-order valence-corrected chi connectivity index (χ0v) is 13.5. The number of carbonyl (C=O) groups is 1. The van der Waals surface area contributed by atoms with Crippen LogP contribution >= 0.6 is 11.3 Å². The van der Waals surface area contributed by atoms with E-state index < -0.39 is 0 Å². The molecule has 0 spiro atoms. The number of para-hydroxylation sites is 1. The van der Waals surface area contributed by atoms with Gasteiger partial charge in [-0.25, -0.2) is 4.98 Å². The van der Waals surface area contributed by atoms with Crippen LogP contribution in [0.15, 0.2) is 35.7 Å². The summed E-state index contributed by atoms with van der Waals surface area (Å²) in [4.78, 5) is 19.0. The van der Waals surface area contributed by atoms with Gasteiger partial charge in [0.15, 0.2) is 5.13 Å². The van der Waals surface area contributed by atoms with E-state index in [1.54, 1.807) is 4.90 Å². The van der Waals surface area contributed by atoms with Crippen LogP contribution in [0, 0.1) is 6.92 Å². The van der Waals surface area contributed by atoms with E-state index in [1.165, 1.54) is 11.3 Å². The van der Waals surface area contributed by atoms with Gasteiger partial charge in [-0.3, -0.25) is 9.69 Å². The Kier molecular flexibility index (Phi) is 4.85. The fraction of sp³-hybridized carbons (Fsp3) is 0.412. The lowest BCUT2D eigenvalue weighted by Crippen LogP contribution is -2.26. The predicted octanol–water partition coefficient (Wildman–Crippen LogP) is 4.08. The molecule has 0 radical (unpaired) electrons. The highest BCUT2D eigenvalue weighted by atomic mass is 32.1. The number of anilines is 2. The molecular weight excluding hydrogens is 296 g/mol. The minimum absolute atomic E-state index is 0.0797. The summed E-state index contributed by atoms with van der Waals surface area (Å²) in [5.74, 6) is 0.0797. The molecule has 1 unspecified atom stereocenters. The molecule has 0 aliphatic carbocycles. The van der Waals surface area contributed by atoms with E-state index in [4.69, 9.17) is 4.74 Å². The minimum Gasteiger partial charge on any atom is -0.378 e. The Balaban J connectivity index is 1.77. The fourth-order valence-corrected chi connectivity index (χ4v) is 3.49. The summed E-state index contributed by atoms with van der Waals surface area (Å²) in [6.45, 7) is 2.77. The van der Waals surface area contributed by atoms with Crippen LogP contribution in [0.4, 0.5) is 10.8 Å². The van der Waals surface area contributed by atoms with Gasteiger partial charge in [0.25, 0.3) is 0 Å². The van der Waals surface area contributed by atoms with E-state index in [1.807, 2.05) is 42.6 Å². The number of hydrogen-bond donors (Lipinski definition) is 0. The van der Waals surface area contributed by atoms with E-state index >= 15 is 0 Å². The van der Waals surface area contributed by atoms with Crippen molar-refractivity contribution in [3.05, 3.63) is 41.4 Å². The maximum Gasteiger partial charge on any atom is 0.233 e. The van der Waals surface area contributed by atoms with Crippen molar-refractivity contribution in [2.45, 2.75) is 38.7 Å². The maximum atomic E-state index is 12.7. The number of aromatic nitrogens is 1. The molecule has 0 bridgehead atoms. The molecule has 1 aromatic heterocycles. The Morgan fingerprint density at radius 3 is 2.86 bits per heavy atom.